The van der Waals surface area contributed by atoms with Crippen LogP contribution in [-0.2, 0) is 9.53 Å². The molecule has 18 heavy (non-hydrogen) atoms. The Morgan fingerprint density at radius 1 is 0.889 bits per heavy atom. The fourth-order valence-electron chi connectivity index (χ4n) is 1.42. The van der Waals surface area contributed by atoms with Crippen molar-refractivity contribution in [3.05, 3.63) is 0 Å². The van der Waals surface area contributed by atoms with Crippen LogP contribution in [0.1, 0.15) is 38.5 Å². The Balaban J connectivity index is 3.89. The highest BCUT2D eigenvalue weighted by atomic mass is 19.4. The quantitative estimate of drug-likeness (QED) is 0.496. The third-order valence-electron chi connectivity index (χ3n) is 2.22. The number of carbonyl (C=O) groups is 1. The number of halogens is 6. The highest BCUT2D eigenvalue weighted by molar-refractivity contribution is 5.37. The summed E-state index contributed by atoms with van der Waals surface area (Å²) < 4.78 is 75.5. The molecule has 0 amide bonds. The molecule has 0 spiro atoms. The predicted molar refractivity (Wildman–Crippen MR) is 50.7 cm³/mol. The van der Waals surface area contributed by atoms with Crippen LogP contribution in [0, 0.1) is 0 Å². The van der Waals surface area contributed by atoms with E-state index in [4.69, 9.17) is 0 Å². The summed E-state index contributed by atoms with van der Waals surface area (Å²) in [5, 5.41) is 0. The van der Waals surface area contributed by atoms with Crippen molar-refractivity contribution in [1.29, 1.82) is 0 Å². The minimum atomic E-state index is -4.31. The number of ether oxygens (including phenoxy) is 1. The smallest absolute Gasteiger partial charge is 0.389 e. The molecule has 0 rings (SSSR count). The van der Waals surface area contributed by atoms with Gasteiger partial charge in [-0.15, -0.1) is 0 Å². The lowest BCUT2D eigenvalue weighted by Gasteiger charge is -2.16. The van der Waals surface area contributed by atoms with Gasteiger partial charge in [-0.2, -0.15) is 26.3 Å². The summed E-state index contributed by atoms with van der Waals surface area (Å²) >= 11 is 0. The molecule has 0 bridgehead atoms. The lowest BCUT2D eigenvalue weighted by molar-refractivity contribution is -0.142. The van der Waals surface area contributed by atoms with Gasteiger partial charge < -0.3 is 4.74 Å². The molecule has 0 fully saturated rings. The molecular weight excluding hydrogens is 266 g/mol. The van der Waals surface area contributed by atoms with Gasteiger partial charge in [-0.25, -0.2) is 0 Å². The van der Waals surface area contributed by atoms with Crippen LogP contribution in [-0.4, -0.2) is 24.9 Å². The zero-order chi connectivity index (χ0) is 14.2. The first-order valence-corrected chi connectivity index (χ1v) is 5.36. The summed E-state index contributed by atoms with van der Waals surface area (Å²) in [4.78, 5) is 10.1. The Morgan fingerprint density at radius 2 is 1.28 bits per heavy atom. The van der Waals surface area contributed by atoms with Gasteiger partial charge in [0.15, 0.2) is 0 Å². The molecule has 0 aromatic heterocycles. The van der Waals surface area contributed by atoms with Gasteiger partial charge in [0.2, 0.25) is 0 Å². The number of hydrogen-bond donors (Lipinski definition) is 0. The predicted octanol–water partition coefficient (Wildman–Crippen LogP) is 3.99. The fourth-order valence-corrected chi connectivity index (χ4v) is 1.42. The summed E-state index contributed by atoms with van der Waals surface area (Å²) in [7, 11) is 0. The van der Waals surface area contributed by atoms with E-state index in [0.29, 0.717) is 0 Å². The largest absolute Gasteiger partial charge is 0.465 e. The van der Waals surface area contributed by atoms with Gasteiger partial charge in [-0.3, -0.25) is 4.79 Å². The van der Waals surface area contributed by atoms with Crippen LogP contribution in [0.3, 0.4) is 0 Å². The van der Waals surface area contributed by atoms with Crippen molar-refractivity contribution in [1.82, 2.24) is 0 Å². The maximum absolute atomic E-state index is 11.8. The average Bonchev–Trinajstić information content (AvgIpc) is 2.13. The molecule has 0 aliphatic carbocycles. The zero-order valence-electron chi connectivity index (χ0n) is 9.48. The molecule has 8 heteroatoms. The molecule has 0 aliphatic heterocycles. The first kappa shape index (κ1) is 17.1. The van der Waals surface area contributed by atoms with Gasteiger partial charge in [-0.05, 0) is 25.7 Å². The van der Waals surface area contributed by atoms with Gasteiger partial charge in [0.1, 0.15) is 6.10 Å². The van der Waals surface area contributed by atoms with E-state index < -0.39 is 31.3 Å². The molecule has 0 saturated carbocycles. The second kappa shape index (κ2) is 7.48. The van der Waals surface area contributed by atoms with Gasteiger partial charge >= 0.3 is 12.4 Å². The van der Waals surface area contributed by atoms with E-state index in [1.165, 1.54) is 0 Å². The first-order valence-electron chi connectivity index (χ1n) is 5.36. The minimum absolute atomic E-state index is 0.0475. The second-order valence-corrected chi connectivity index (χ2v) is 3.87. The van der Waals surface area contributed by atoms with Crippen LogP contribution in [0.25, 0.3) is 0 Å². The molecular formula is C10H14F6O2. The van der Waals surface area contributed by atoms with E-state index in [9.17, 15) is 31.1 Å². The van der Waals surface area contributed by atoms with Gasteiger partial charge in [-0.1, -0.05) is 0 Å². The Labute approximate surface area is 100 Å². The van der Waals surface area contributed by atoms with Crippen LogP contribution < -0.4 is 0 Å². The molecule has 0 unspecified atom stereocenters. The SMILES string of the molecule is O=COC(CCCC(F)(F)F)CCCC(F)(F)F. The molecule has 0 atom stereocenters. The highest BCUT2D eigenvalue weighted by Gasteiger charge is 2.28. The number of alkyl halides is 6. The highest BCUT2D eigenvalue weighted by Crippen LogP contribution is 2.26. The number of hydrogen-bond acceptors (Lipinski definition) is 2. The van der Waals surface area contributed by atoms with Crippen LogP contribution in [0.2, 0.25) is 0 Å². The van der Waals surface area contributed by atoms with Crippen molar-refractivity contribution < 1.29 is 35.9 Å². The monoisotopic (exact) mass is 280 g/mol. The minimum Gasteiger partial charge on any atom is -0.465 e. The summed E-state index contributed by atoms with van der Waals surface area (Å²) in [6.45, 7) is 0.0475. The Morgan fingerprint density at radius 3 is 1.56 bits per heavy atom. The van der Waals surface area contributed by atoms with E-state index in [2.05, 4.69) is 4.74 Å². The molecule has 0 aliphatic rings. The van der Waals surface area contributed by atoms with Crippen LogP contribution in [0.15, 0.2) is 0 Å². The van der Waals surface area contributed by atoms with E-state index in [-0.39, 0.29) is 32.2 Å². The Hall–Kier alpha value is -0.950. The van der Waals surface area contributed by atoms with Gasteiger partial charge in [0, 0.05) is 12.8 Å². The molecule has 0 heterocycles. The summed E-state index contributed by atoms with van der Waals surface area (Å²) in [6, 6.07) is 0. The number of rotatable bonds is 8. The van der Waals surface area contributed by atoms with Crippen LogP contribution in [0.4, 0.5) is 26.3 Å². The van der Waals surface area contributed by atoms with Gasteiger partial charge in [0.25, 0.3) is 6.47 Å². The fraction of sp³-hybridized carbons (Fsp3) is 0.900. The maximum Gasteiger partial charge on any atom is 0.389 e. The van der Waals surface area contributed by atoms with E-state index >= 15 is 0 Å². The van der Waals surface area contributed by atoms with E-state index in [0.717, 1.165) is 0 Å². The first-order chi connectivity index (χ1) is 8.14. The molecule has 0 saturated heterocycles. The van der Waals surface area contributed by atoms with E-state index in [1.54, 1.807) is 0 Å². The Bertz CT molecular complexity index is 216. The molecule has 0 aromatic rings. The van der Waals surface area contributed by atoms with Crippen molar-refractivity contribution in [3.63, 3.8) is 0 Å². The topological polar surface area (TPSA) is 26.3 Å². The zero-order valence-corrected chi connectivity index (χ0v) is 9.48. The molecule has 2 nitrogen and oxygen atoms in total. The molecule has 0 radical (unpaired) electrons. The lowest BCUT2D eigenvalue weighted by Crippen LogP contribution is -2.16. The third kappa shape index (κ3) is 11.5. The molecule has 108 valence electrons. The van der Waals surface area contributed by atoms with Crippen molar-refractivity contribution in [2.45, 2.75) is 57.0 Å². The van der Waals surface area contributed by atoms with Crippen molar-refractivity contribution in [3.8, 4) is 0 Å². The third-order valence-corrected chi connectivity index (χ3v) is 2.22. The van der Waals surface area contributed by atoms with Crippen LogP contribution >= 0.6 is 0 Å². The van der Waals surface area contributed by atoms with E-state index in [1.807, 2.05) is 0 Å². The average molecular weight is 280 g/mol. The second-order valence-electron chi connectivity index (χ2n) is 3.87. The normalized spacial score (nSPS) is 12.8. The summed E-state index contributed by atoms with van der Waals surface area (Å²) in [5.41, 5.74) is 0. The van der Waals surface area contributed by atoms with Crippen LogP contribution in [0.5, 0.6) is 0 Å². The van der Waals surface area contributed by atoms with Crippen molar-refractivity contribution in [2.24, 2.45) is 0 Å². The van der Waals surface area contributed by atoms with Gasteiger partial charge in [0.05, 0.1) is 0 Å². The number of carbonyl (C=O) groups excluding carboxylic acids is 1. The molecule has 0 aromatic carbocycles. The van der Waals surface area contributed by atoms with Crippen molar-refractivity contribution in [2.75, 3.05) is 0 Å². The summed E-state index contributed by atoms with van der Waals surface area (Å²) in [6.07, 6.45) is -12.3. The van der Waals surface area contributed by atoms with Crippen molar-refractivity contribution >= 4 is 6.47 Å². The molecule has 0 N–H and O–H groups in total. The standard InChI is InChI=1S/C10H14F6O2/c11-9(12,13)5-1-3-8(18-7-17)4-2-6-10(14,15)16/h7-8H,1-6H2. The summed E-state index contributed by atoms with van der Waals surface area (Å²) in [5.74, 6) is 0. The maximum atomic E-state index is 11.8. The Kier molecular flexibility index (Phi) is 7.08. The lowest BCUT2D eigenvalue weighted by atomic mass is 10.1.